The van der Waals surface area contributed by atoms with E-state index >= 15 is 0 Å². The average molecular weight is 288 g/mol. The summed E-state index contributed by atoms with van der Waals surface area (Å²) >= 11 is 1.33. The van der Waals surface area contributed by atoms with Crippen LogP contribution < -0.4 is 15.8 Å². The van der Waals surface area contributed by atoms with E-state index in [1.54, 1.807) is 21.0 Å². The minimum Gasteiger partial charge on any atom is -0.496 e. The van der Waals surface area contributed by atoms with Gasteiger partial charge in [0.2, 0.25) is 0 Å². The molecule has 0 unspecified atom stereocenters. The van der Waals surface area contributed by atoms with E-state index in [-0.39, 0.29) is 5.91 Å². The van der Waals surface area contributed by atoms with Crippen molar-refractivity contribution in [3.63, 3.8) is 0 Å². The number of methoxy groups -OCH3 is 1. The second-order valence-electron chi connectivity index (χ2n) is 4.90. The minimum atomic E-state index is -0.718. The highest BCUT2D eigenvalue weighted by Gasteiger charge is 2.23. The van der Waals surface area contributed by atoms with Crippen LogP contribution in [0.25, 0.3) is 10.1 Å². The van der Waals surface area contributed by atoms with Crippen LogP contribution in [-0.4, -0.2) is 18.6 Å². The number of hydrogen-bond donors (Lipinski definition) is 2. The molecule has 0 aliphatic carbocycles. The molecule has 2 aromatic rings. The number of nitrogens with one attached hydrogen (secondary N) is 1. The number of carbonyl (C=O) groups excluding carboxylic acids is 1. The Balaban J connectivity index is 2.49. The van der Waals surface area contributed by atoms with Gasteiger partial charge < -0.3 is 15.8 Å². The Bertz CT molecular complexity index is 710. The van der Waals surface area contributed by atoms with Gasteiger partial charge in [0.25, 0.3) is 5.91 Å². The monoisotopic (exact) mass is 288 g/mol. The Morgan fingerprint density at radius 3 is 2.80 bits per heavy atom. The van der Waals surface area contributed by atoms with Gasteiger partial charge in [-0.25, -0.2) is 0 Å². The summed E-state index contributed by atoms with van der Waals surface area (Å²) in [6.45, 7) is 3.52. The SMILES string of the molecule is C#CC(C)(C)NC(=O)c1sc2cccc(OC)c2c1N. The molecule has 104 valence electrons. The van der Waals surface area contributed by atoms with Gasteiger partial charge in [-0.3, -0.25) is 4.79 Å². The third-order valence-corrected chi connectivity index (χ3v) is 4.10. The van der Waals surface area contributed by atoms with Crippen molar-refractivity contribution >= 4 is 33.0 Å². The fourth-order valence-electron chi connectivity index (χ4n) is 1.86. The summed E-state index contributed by atoms with van der Waals surface area (Å²) in [4.78, 5) is 12.7. The molecule has 3 N–H and O–H groups in total. The summed E-state index contributed by atoms with van der Waals surface area (Å²) in [6, 6.07) is 5.59. The Morgan fingerprint density at radius 1 is 1.50 bits per heavy atom. The Morgan fingerprint density at radius 2 is 2.20 bits per heavy atom. The number of anilines is 1. The summed E-state index contributed by atoms with van der Waals surface area (Å²) in [5, 5.41) is 3.54. The van der Waals surface area contributed by atoms with Crippen molar-refractivity contribution in [2.75, 3.05) is 12.8 Å². The molecule has 0 saturated heterocycles. The van der Waals surface area contributed by atoms with E-state index in [0.29, 0.717) is 16.3 Å². The molecule has 2 rings (SSSR count). The normalized spacial score (nSPS) is 11.1. The largest absolute Gasteiger partial charge is 0.496 e. The van der Waals surface area contributed by atoms with E-state index in [2.05, 4.69) is 11.2 Å². The molecule has 1 heterocycles. The van der Waals surface area contributed by atoms with Crippen LogP contribution in [0.5, 0.6) is 5.75 Å². The second-order valence-corrected chi connectivity index (χ2v) is 5.95. The quantitative estimate of drug-likeness (QED) is 0.853. The number of carbonyl (C=O) groups is 1. The Kier molecular flexibility index (Phi) is 3.60. The van der Waals surface area contributed by atoms with Crippen molar-refractivity contribution < 1.29 is 9.53 Å². The molecule has 0 spiro atoms. The molecule has 0 bridgehead atoms. The van der Waals surface area contributed by atoms with Gasteiger partial charge >= 0.3 is 0 Å². The van der Waals surface area contributed by atoms with Gasteiger partial charge in [-0.15, -0.1) is 17.8 Å². The van der Waals surface area contributed by atoms with Crippen molar-refractivity contribution in [2.45, 2.75) is 19.4 Å². The van der Waals surface area contributed by atoms with Crippen LogP contribution in [0.1, 0.15) is 23.5 Å². The molecule has 0 atom stereocenters. The van der Waals surface area contributed by atoms with Crippen LogP contribution in [0, 0.1) is 12.3 Å². The molecular formula is C15H16N2O2S. The van der Waals surface area contributed by atoms with E-state index in [9.17, 15) is 4.79 Å². The maximum Gasteiger partial charge on any atom is 0.264 e. The number of thiophene rings is 1. The summed E-state index contributed by atoms with van der Waals surface area (Å²) in [7, 11) is 1.58. The van der Waals surface area contributed by atoms with Crippen LogP contribution in [0.2, 0.25) is 0 Å². The zero-order chi connectivity index (χ0) is 14.9. The highest BCUT2D eigenvalue weighted by molar-refractivity contribution is 7.21. The van der Waals surface area contributed by atoms with Crippen molar-refractivity contribution in [2.24, 2.45) is 0 Å². The lowest BCUT2D eigenvalue weighted by Gasteiger charge is -2.19. The smallest absolute Gasteiger partial charge is 0.264 e. The maximum atomic E-state index is 12.3. The zero-order valence-electron chi connectivity index (χ0n) is 11.6. The number of benzene rings is 1. The molecule has 0 aliphatic heterocycles. The van der Waals surface area contributed by atoms with Gasteiger partial charge in [0.05, 0.1) is 23.7 Å². The predicted octanol–water partition coefficient (Wildman–Crippen LogP) is 2.63. The number of terminal acetylenes is 1. The zero-order valence-corrected chi connectivity index (χ0v) is 12.4. The topological polar surface area (TPSA) is 64.3 Å². The Hall–Kier alpha value is -2.19. The van der Waals surface area contributed by atoms with E-state index < -0.39 is 5.54 Å². The highest BCUT2D eigenvalue weighted by Crippen LogP contribution is 2.39. The number of ether oxygens (including phenoxy) is 1. The first-order chi connectivity index (χ1) is 9.39. The number of nitrogens with two attached hydrogens (primary N) is 1. The molecule has 20 heavy (non-hydrogen) atoms. The molecule has 0 fully saturated rings. The fraction of sp³-hybridized carbons (Fsp3) is 0.267. The second kappa shape index (κ2) is 5.06. The van der Waals surface area contributed by atoms with Gasteiger partial charge in [0.15, 0.2) is 0 Å². The first-order valence-corrected chi connectivity index (χ1v) is 6.86. The molecular weight excluding hydrogens is 272 g/mol. The van der Waals surface area contributed by atoms with E-state index in [0.717, 1.165) is 10.1 Å². The van der Waals surface area contributed by atoms with Crippen molar-refractivity contribution in [1.82, 2.24) is 5.32 Å². The summed E-state index contributed by atoms with van der Waals surface area (Å²) in [6.07, 6.45) is 5.38. The standard InChI is InChI=1S/C15H16N2O2S/c1-5-15(2,3)17-14(18)13-12(16)11-9(19-4)7-6-8-10(11)20-13/h1,6-8H,16H2,2-4H3,(H,17,18). The number of amides is 1. The third-order valence-electron chi connectivity index (χ3n) is 2.93. The first kappa shape index (κ1) is 14.2. The summed E-state index contributed by atoms with van der Waals surface area (Å²) in [5.41, 5.74) is 5.80. The van der Waals surface area contributed by atoms with E-state index in [1.807, 2.05) is 18.2 Å². The summed E-state index contributed by atoms with van der Waals surface area (Å²) < 4.78 is 6.19. The molecule has 5 heteroatoms. The molecule has 1 aromatic carbocycles. The summed E-state index contributed by atoms with van der Waals surface area (Å²) in [5.74, 6) is 2.91. The molecule has 0 radical (unpaired) electrons. The lowest BCUT2D eigenvalue weighted by Crippen LogP contribution is -2.41. The van der Waals surface area contributed by atoms with Crippen LogP contribution in [-0.2, 0) is 0 Å². The predicted molar refractivity (Wildman–Crippen MR) is 83.2 cm³/mol. The van der Waals surface area contributed by atoms with Crippen molar-refractivity contribution in [3.05, 3.63) is 23.1 Å². The fourth-order valence-corrected chi connectivity index (χ4v) is 2.89. The van der Waals surface area contributed by atoms with Crippen LogP contribution in [0.3, 0.4) is 0 Å². The van der Waals surface area contributed by atoms with Crippen molar-refractivity contribution in [1.29, 1.82) is 0 Å². The third kappa shape index (κ3) is 2.43. The van der Waals surface area contributed by atoms with Crippen molar-refractivity contribution in [3.8, 4) is 18.1 Å². The Labute approximate surface area is 121 Å². The average Bonchev–Trinajstić information content (AvgIpc) is 2.76. The number of hydrogen-bond acceptors (Lipinski definition) is 4. The number of rotatable bonds is 3. The molecule has 1 aromatic heterocycles. The number of fused-ring (bicyclic) bond motifs is 1. The maximum absolute atomic E-state index is 12.3. The van der Waals surface area contributed by atoms with Gasteiger partial charge in [0, 0.05) is 4.70 Å². The van der Waals surface area contributed by atoms with Gasteiger partial charge in [-0.05, 0) is 26.0 Å². The lowest BCUT2D eigenvalue weighted by atomic mass is 10.1. The lowest BCUT2D eigenvalue weighted by molar-refractivity contribution is 0.0935. The van der Waals surface area contributed by atoms with Gasteiger partial charge in [-0.1, -0.05) is 12.0 Å². The molecule has 0 saturated carbocycles. The van der Waals surface area contributed by atoms with Crippen LogP contribution >= 0.6 is 11.3 Å². The highest BCUT2D eigenvalue weighted by atomic mass is 32.1. The minimum absolute atomic E-state index is 0.270. The number of nitrogen functional groups attached to an aromatic ring is 1. The van der Waals surface area contributed by atoms with Gasteiger partial charge in [-0.2, -0.15) is 0 Å². The van der Waals surface area contributed by atoms with Crippen LogP contribution in [0.15, 0.2) is 18.2 Å². The van der Waals surface area contributed by atoms with Crippen LogP contribution in [0.4, 0.5) is 5.69 Å². The van der Waals surface area contributed by atoms with E-state index in [1.165, 1.54) is 11.3 Å². The first-order valence-electron chi connectivity index (χ1n) is 6.05. The molecule has 0 aliphatic rings. The molecule has 1 amide bonds. The molecule has 4 nitrogen and oxygen atoms in total. The van der Waals surface area contributed by atoms with E-state index in [4.69, 9.17) is 16.9 Å². The van der Waals surface area contributed by atoms with Gasteiger partial charge in [0.1, 0.15) is 10.6 Å².